The van der Waals surface area contributed by atoms with Gasteiger partial charge in [0.25, 0.3) is 5.91 Å². The highest BCUT2D eigenvalue weighted by Gasteiger charge is 2.14. The highest BCUT2D eigenvalue weighted by Crippen LogP contribution is 2.05. The van der Waals surface area contributed by atoms with Crippen LogP contribution in [-0.2, 0) is 17.7 Å². The molecule has 0 aliphatic heterocycles. The lowest BCUT2D eigenvalue weighted by Gasteiger charge is -2.10. The molecule has 2 N–H and O–H groups in total. The lowest BCUT2D eigenvalue weighted by Crippen LogP contribution is -2.30. The molecule has 0 aromatic carbocycles. The molecule has 1 aromatic heterocycles. The largest absolute Gasteiger partial charge is 0.391 e. The number of aromatic nitrogens is 2. The molecular weight excluding hydrogens is 246 g/mol. The summed E-state index contributed by atoms with van der Waals surface area (Å²) in [5.41, 5.74) is 1.48. The van der Waals surface area contributed by atoms with Crippen molar-refractivity contribution in [1.29, 1.82) is 0 Å². The molecule has 6 nitrogen and oxygen atoms in total. The lowest BCUT2D eigenvalue weighted by molar-refractivity contribution is 0.0587. The second-order valence-electron chi connectivity index (χ2n) is 4.34. The van der Waals surface area contributed by atoms with Crippen LogP contribution in [-0.4, -0.2) is 47.2 Å². The van der Waals surface area contributed by atoms with Crippen LogP contribution in [0.25, 0.3) is 0 Å². The first kappa shape index (κ1) is 15.7. The Kier molecular flexibility index (Phi) is 6.52. The van der Waals surface area contributed by atoms with Gasteiger partial charge in [-0.2, -0.15) is 5.10 Å². The summed E-state index contributed by atoms with van der Waals surface area (Å²) in [6.07, 6.45) is 0.730. The summed E-state index contributed by atoms with van der Waals surface area (Å²) in [6, 6.07) is 1.81. The Morgan fingerprint density at radius 3 is 2.89 bits per heavy atom. The predicted molar refractivity (Wildman–Crippen MR) is 72.1 cm³/mol. The molecular formula is C13H23N3O3. The van der Waals surface area contributed by atoms with E-state index in [0.29, 0.717) is 25.2 Å². The van der Waals surface area contributed by atoms with E-state index in [4.69, 9.17) is 4.74 Å². The predicted octanol–water partition coefficient (Wildman–Crippen LogP) is 0.593. The zero-order valence-corrected chi connectivity index (χ0v) is 11.8. The number of carbonyl (C=O) groups excluding carboxylic acids is 1. The molecule has 108 valence electrons. The smallest absolute Gasteiger partial charge is 0.269 e. The summed E-state index contributed by atoms with van der Waals surface area (Å²) in [5, 5.41) is 16.6. The van der Waals surface area contributed by atoms with Gasteiger partial charge in [0.2, 0.25) is 0 Å². The Hall–Kier alpha value is -1.40. The molecule has 1 atom stereocenters. The van der Waals surface area contributed by atoms with E-state index in [2.05, 4.69) is 10.4 Å². The zero-order valence-electron chi connectivity index (χ0n) is 11.8. The van der Waals surface area contributed by atoms with Crippen molar-refractivity contribution >= 4 is 5.91 Å². The van der Waals surface area contributed by atoms with Gasteiger partial charge in [-0.1, -0.05) is 6.92 Å². The molecule has 1 heterocycles. The number of amides is 1. The van der Waals surface area contributed by atoms with Crippen LogP contribution in [0.4, 0.5) is 0 Å². The van der Waals surface area contributed by atoms with E-state index in [9.17, 15) is 9.90 Å². The van der Waals surface area contributed by atoms with Crippen molar-refractivity contribution in [2.24, 2.45) is 0 Å². The average molecular weight is 269 g/mol. The van der Waals surface area contributed by atoms with Gasteiger partial charge in [-0.15, -0.1) is 0 Å². The Morgan fingerprint density at radius 1 is 1.58 bits per heavy atom. The number of ether oxygens (including phenoxy) is 1. The summed E-state index contributed by atoms with van der Waals surface area (Å²) in [4.78, 5) is 12.0. The van der Waals surface area contributed by atoms with Crippen LogP contribution in [0.15, 0.2) is 6.07 Å². The van der Waals surface area contributed by atoms with Crippen molar-refractivity contribution in [2.75, 3.05) is 20.3 Å². The molecule has 6 heteroatoms. The van der Waals surface area contributed by atoms with Gasteiger partial charge in [0, 0.05) is 20.2 Å². The molecule has 0 radical (unpaired) electrons. The van der Waals surface area contributed by atoms with Crippen molar-refractivity contribution in [3.05, 3.63) is 17.5 Å². The monoisotopic (exact) mass is 269 g/mol. The molecule has 0 fully saturated rings. The second-order valence-corrected chi connectivity index (χ2v) is 4.34. The van der Waals surface area contributed by atoms with Crippen LogP contribution in [0.1, 0.15) is 36.5 Å². The van der Waals surface area contributed by atoms with E-state index in [1.807, 2.05) is 19.9 Å². The van der Waals surface area contributed by atoms with E-state index in [-0.39, 0.29) is 12.5 Å². The molecule has 0 spiro atoms. The molecule has 0 bridgehead atoms. The second kappa shape index (κ2) is 7.91. The van der Waals surface area contributed by atoms with E-state index in [0.717, 1.165) is 12.1 Å². The van der Waals surface area contributed by atoms with Crippen molar-refractivity contribution in [3.63, 3.8) is 0 Å². The Morgan fingerprint density at radius 2 is 2.32 bits per heavy atom. The molecule has 0 aliphatic rings. The Labute approximate surface area is 113 Å². The normalized spacial score (nSPS) is 12.4. The van der Waals surface area contributed by atoms with Crippen LogP contribution < -0.4 is 5.32 Å². The third-order valence-electron chi connectivity index (χ3n) is 2.85. The fraction of sp³-hybridized carbons (Fsp3) is 0.692. The maximum atomic E-state index is 12.0. The van der Waals surface area contributed by atoms with Gasteiger partial charge in [-0.05, 0) is 25.8 Å². The minimum atomic E-state index is -0.549. The van der Waals surface area contributed by atoms with Gasteiger partial charge < -0.3 is 15.2 Å². The van der Waals surface area contributed by atoms with Gasteiger partial charge in [0.1, 0.15) is 5.69 Å². The molecule has 1 amide bonds. The SMILES string of the molecule is CCc1cc(C(=O)NCCC(O)COC)n(CC)n1. The number of aliphatic hydroxyl groups excluding tert-OH is 1. The molecule has 1 aromatic rings. The number of methoxy groups -OCH3 is 1. The number of carbonyl (C=O) groups is 1. The first-order valence-corrected chi connectivity index (χ1v) is 6.64. The first-order chi connectivity index (χ1) is 9.12. The van der Waals surface area contributed by atoms with Crippen molar-refractivity contribution in [2.45, 2.75) is 39.3 Å². The fourth-order valence-corrected chi connectivity index (χ4v) is 1.79. The minimum Gasteiger partial charge on any atom is -0.391 e. The van der Waals surface area contributed by atoms with Crippen molar-refractivity contribution < 1.29 is 14.6 Å². The van der Waals surface area contributed by atoms with Gasteiger partial charge in [-0.3, -0.25) is 9.48 Å². The number of nitrogens with zero attached hydrogens (tertiary/aromatic N) is 2. The third kappa shape index (κ3) is 4.65. The maximum Gasteiger partial charge on any atom is 0.269 e. The number of aryl methyl sites for hydroxylation is 2. The summed E-state index contributed by atoms with van der Waals surface area (Å²) < 4.78 is 6.52. The molecule has 0 saturated carbocycles. The van der Waals surface area contributed by atoms with Crippen molar-refractivity contribution in [3.8, 4) is 0 Å². The lowest BCUT2D eigenvalue weighted by atomic mass is 10.2. The summed E-state index contributed by atoms with van der Waals surface area (Å²) >= 11 is 0. The zero-order chi connectivity index (χ0) is 14.3. The van der Waals surface area contributed by atoms with E-state index in [1.54, 1.807) is 4.68 Å². The Bertz CT molecular complexity index is 404. The molecule has 1 unspecified atom stereocenters. The standard InChI is InChI=1S/C13H23N3O3/c1-4-10-8-12(16(5-2)15-10)13(18)14-7-6-11(17)9-19-3/h8,11,17H,4-7,9H2,1-3H3,(H,14,18). The van der Waals surface area contributed by atoms with Gasteiger partial charge in [0.15, 0.2) is 0 Å². The van der Waals surface area contributed by atoms with E-state index >= 15 is 0 Å². The summed E-state index contributed by atoms with van der Waals surface area (Å²) in [7, 11) is 1.54. The minimum absolute atomic E-state index is 0.154. The number of rotatable bonds is 8. The molecule has 0 saturated heterocycles. The average Bonchev–Trinajstić information content (AvgIpc) is 2.82. The molecule has 1 rings (SSSR count). The number of aliphatic hydroxyl groups is 1. The van der Waals surface area contributed by atoms with Gasteiger partial charge in [-0.25, -0.2) is 0 Å². The quantitative estimate of drug-likeness (QED) is 0.724. The topological polar surface area (TPSA) is 76.4 Å². The Balaban J connectivity index is 2.51. The van der Waals surface area contributed by atoms with Crippen LogP contribution in [0.3, 0.4) is 0 Å². The number of hydrogen-bond acceptors (Lipinski definition) is 4. The number of nitrogens with one attached hydrogen (secondary N) is 1. The molecule has 19 heavy (non-hydrogen) atoms. The van der Waals surface area contributed by atoms with E-state index < -0.39 is 6.10 Å². The van der Waals surface area contributed by atoms with Crippen LogP contribution in [0, 0.1) is 0 Å². The van der Waals surface area contributed by atoms with Gasteiger partial charge in [0.05, 0.1) is 18.4 Å². The number of hydrogen-bond donors (Lipinski definition) is 2. The van der Waals surface area contributed by atoms with Gasteiger partial charge >= 0.3 is 0 Å². The van der Waals surface area contributed by atoms with Crippen LogP contribution in [0.2, 0.25) is 0 Å². The summed E-state index contributed by atoms with van der Waals surface area (Å²) in [6.45, 7) is 5.31. The maximum absolute atomic E-state index is 12.0. The highest BCUT2D eigenvalue weighted by molar-refractivity contribution is 5.92. The highest BCUT2D eigenvalue weighted by atomic mass is 16.5. The third-order valence-corrected chi connectivity index (χ3v) is 2.85. The molecule has 0 aliphatic carbocycles. The first-order valence-electron chi connectivity index (χ1n) is 6.64. The van der Waals surface area contributed by atoms with Crippen LogP contribution in [0.5, 0.6) is 0 Å². The van der Waals surface area contributed by atoms with Crippen molar-refractivity contribution in [1.82, 2.24) is 15.1 Å². The summed E-state index contributed by atoms with van der Waals surface area (Å²) in [5.74, 6) is -0.154. The van der Waals surface area contributed by atoms with E-state index in [1.165, 1.54) is 7.11 Å². The fourth-order valence-electron chi connectivity index (χ4n) is 1.79. The van der Waals surface area contributed by atoms with Crippen LogP contribution >= 0.6 is 0 Å².